The molecule has 0 fully saturated rings. The second-order valence-corrected chi connectivity index (χ2v) is 5.73. The first-order chi connectivity index (χ1) is 11.2. The number of carbonyl (C=O) groups is 1. The van der Waals surface area contributed by atoms with E-state index >= 15 is 0 Å². The zero-order chi connectivity index (χ0) is 16.5. The van der Waals surface area contributed by atoms with Gasteiger partial charge in [0.25, 0.3) is 0 Å². The number of rotatable bonds is 8. The van der Waals surface area contributed by atoms with Gasteiger partial charge in [-0.3, -0.25) is 4.79 Å². The summed E-state index contributed by atoms with van der Waals surface area (Å²) in [5.41, 5.74) is 2.42. The Bertz CT molecular complexity index is 583. The summed E-state index contributed by atoms with van der Waals surface area (Å²) in [6.07, 6.45) is 0.526. The quantitative estimate of drug-likeness (QED) is 0.805. The Morgan fingerprint density at radius 2 is 1.65 bits per heavy atom. The molecule has 122 valence electrons. The Kier molecular flexibility index (Phi) is 6.82. The first-order valence-corrected chi connectivity index (χ1v) is 8.30. The van der Waals surface area contributed by atoms with Crippen LogP contribution in [-0.4, -0.2) is 23.9 Å². The third-order valence-electron chi connectivity index (χ3n) is 4.04. The summed E-state index contributed by atoms with van der Waals surface area (Å²) in [6, 6.07) is 20.7. The van der Waals surface area contributed by atoms with Crippen molar-refractivity contribution in [3.63, 3.8) is 0 Å². The number of amides is 1. The summed E-state index contributed by atoms with van der Waals surface area (Å²) in [4.78, 5) is 14.3. The molecule has 0 bridgehead atoms. The minimum Gasteiger partial charge on any atom is -0.339 e. The fraction of sp³-hybridized carbons (Fsp3) is 0.350. The van der Waals surface area contributed by atoms with Crippen LogP contribution in [0.2, 0.25) is 0 Å². The third kappa shape index (κ3) is 5.53. The lowest BCUT2D eigenvalue weighted by Crippen LogP contribution is -2.33. The molecule has 0 saturated heterocycles. The summed E-state index contributed by atoms with van der Waals surface area (Å²) in [7, 11) is 0. The standard InChI is InChI=1S/C20H26N2O/c1-3-22(16-18-10-6-4-7-11-18)20(23)14-15-21-17(2)19-12-8-5-9-13-19/h4-13,17,21H,3,14-16H2,1-2H3. The molecule has 3 nitrogen and oxygen atoms in total. The van der Waals surface area contributed by atoms with Gasteiger partial charge >= 0.3 is 0 Å². The maximum atomic E-state index is 12.4. The van der Waals surface area contributed by atoms with Gasteiger partial charge in [0.15, 0.2) is 0 Å². The minimum atomic E-state index is 0.198. The highest BCUT2D eigenvalue weighted by molar-refractivity contribution is 5.76. The summed E-state index contributed by atoms with van der Waals surface area (Å²) in [5, 5.41) is 3.43. The van der Waals surface area contributed by atoms with Crippen LogP contribution in [0.1, 0.15) is 37.4 Å². The molecule has 23 heavy (non-hydrogen) atoms. The first kappa shape index (κ1) is 17.2. The lowest BCUT2D eigenvalue weighted by molar-refractivity contribution is -0.131. The maximum Gasteiger partial charge on any atom is 0.224 e. The first-order valence-electron chi connectivity index (χ1n) is 8.30. The van der Waals surface area contributed by atoms with Gasteiger partial charge in [-0.1, -0.05) is 60.7 Å². The van der Waals surface area contributed by atoms with Gasteiger partial charge in [0.05, 0.1) is 0 Å². The Morgan fingerprint density at radius 1 is 1.04 bits per heavy atom. The van der Waals surface area contributed by atoms with Crippen LogP contribution in [0.25, 0.3) is 0 Å². The van der Waals surface area contributed by atoms with Crippen molar-refractivity contribution in [2.24, 2.45) is 0 Å². The third-order valence-corrected chi connectivity index (χ3v) is 4.04. The number of nitrogens with zero attached hydrogens (tertiary/aromatic N) is 1. The van der Waals surface area contributed by atoms with Crippen LogP contribution >= 0.6 is 0 Å². The Hall–Kier alpha value is -2.13. The van der Waals surface area contributed by atoms with Gasteiger partial charge in [-0.25, -0.2) is 0 Å². The molecule has 2 rings (SSSR count). The lowest BCUT2D eigenvalue weighted by Gasteiger charge is -2.22. The molecule has 0 spiro atoms. The zero-order valence-corrected chi connectivity index (χ0v) is 14.0. The van der Waals surface area contributed by atoms with E-state index in [1.165, 1.54) is 11.1 Å². The Balaban J connectivity index is 1.78. The van der Waals surface area contributed by atoms with Crippen LogP contribution in [0.3, 0.4) is 0 Å². The van der Waals surface area contributed by atoms with E-state index in [0.29, 0.717) is 19.5 Å². The number of hydrogen-bond donors (Lipinski definition) is 1. The molecule has 0 aromatic heterocycles. The topological polar surface area (TPSA) is 32.3 Å². The monoisotopic (exact) mass is 310 g/mol. The van der Waals surface area contributed by atoms with Crippen molar-refractivity contribution in [1.29, 1.82) is 0 Å². The normalized spacial score (nSPS) is 11.9. The molecule has 1 N–H and O–H groups in total. The van der Waals surface area contributed by atoms with Crippen LogP contribution in [0.4, 0.5) is 0 Å². The highest BCUT2D eigenvalue weighted by atomic mass is 16.2. The van der Waals surface area contributed by atoms with Crippen molar-refractivity contribution < 1.29 is 4.79 Å². The van der Waals surface area contributed by atoms with E-state index in [4.69, 9.17) is 0 Å². The zero-order valence-electron chi connectivity index (χ0n) is 14.0. The van der Waals surface area contributed by atoms with Crippen molar-refractivity contribution in [3.8, 4) is 0 Å². The van der Waals surface area contributed by atoms with Crippen molar-refractivity contribution in [2.75, 3.05) is 13.1 Å². The number of hydrogen-bond acceptors (Lipinski definition) is 2. The highest BCUT2D eigenvalue weighted by Gasteiger charge is 2.12. The second kappa shape index (κ2) is 9.11. The average molecular weight is 310 g/mol. The molecule has 0 aliphatic carbocycles. The lowest BCUT2D eigenvalue weighted by atomic mass is 10.1. The van der Waals surface area contributed by atoms with E-state index < -0.39 is 0 Å². The van der Waals surface area contributed by atoms with Gasteiger partial charge in [-0.05, 0) is 25.0 Å². The van der Waals surface area contributed by atoms with Gasteiger partial charge in [0.2, 0.25) is 5.91 Å². The summed E-state index contributed by atoms with van der Waals surface area (Å²) >= 11 is 0. The fourth-order valence-electron chi connectivity index (χ4n) is 2.59. The van der Waals surface area contributed by atoms with E-state index in [1.54, 1.807) is 0 Å². The summed E-state index contributed by atoms with van der Waals surface area (Å²) < 4.78 is 0. The molecule has 3 heteroatoms. The fourth-order valence-corrected chi connectivity index (χ4v) is 2.59. The molecule has 0 aliphatic rings. The molecular formula is C20H26N2O. The maximum absolute atomic E-state index is 12.4. The van der Waals surface area contributed by atoms with E-state index in [1.807, 2.05) is 48.2 Å². The molecule has 0 saturated carbocycles. The van der Waals surface area contributed by atoms with Crippen molar-refractivity contribution in [2.45, 2.75) is 32.9 Å². The molecule has 2 aromatic rings. The molecule has 1 unspecified atom stereocenters. The Morgan fingerprint density at radius 3 is 2.26 bits per heavy atom. The van der Waals surface area contributed by atoms with Crippen LogP contribution in [-0.2, 0) is 11.3 Å². The molecule has 0 aliphatic heterocycles. The van der Waals surface area contributed by atoms with Gasteiger partial charge in [-0.2, -0.15) is 0 Å². The van der Waals surface area contributed by atoms with Crippen molar-refractivity contribution >= 4 is 5.91 Å². The molecule has 1 atom stereocenters. The van der Waals surface area contributed by atoms with Gasteiger partial charge in [0, 0.05) is 32.1 Å². The van der Waals surface area contributed by atoms with E-state index in [0.717, 1.165) is 6.54 Å². The largest absolute Gasteiger partial charge is 0.339 e. The number of nitrogens with one attached hydrogen (secondary N) is 1. The number of benzene rings is 2. The van der Waals surface area contributed by atoms with Gasteiger partial charge in [-0.15, -0.1) is 0 Å². The second-order valence-electron chi connectivity index (χ2n) is 5.73. The Labute approximate surface area is 139 Å². The average Bonchev–Trinajstić information content (AvgIpc) is 2.61. The molecule has 1 amide bonds. The minimum absolute atomic E-state index is 0.198. The van der Waals surface area contributed by atoms with E-state index in [9.17, 15) is 4.79 Å². The van der Waals surface area contributed by atoms with E-state index in [2.05, 4.69) is 36.5 Å². The molecular weight excluding hydrogens is 284 g/mol. The SMILES string of the molecule is CCN(Cc1ccccc1)C(=O)CCNC(C)c1ccccc1. The van der Waals surface area contributed by atoms with E-state index in [-0.39, 0.29) is 11.9 Å². The molecule has 0 radical (unpaired) electrons. The smallest absolute Gasteiger partial charge is 0.224 e. The number of carbonyl (C=O) groups excluding carboxylic acids is 1. The van der Waals surface area contributed by atoms with Crippen LogP contribution < -0.4 is 5.32 Å². The van der Waals surface area contributed by atoms with Gasteiger partial charge < -0.3 is 10.2 Å². The predicted octanol–water partition coefficient (Wildman–Crippen LogP) is 3.78. The van der Waals surface area contributed by atoms with Crippen molar-refractivity contribution in [1.82, 2.24) is 10.2 Å². The van der Waals surface area contributed by atoms with Crippen LogP contribution in [0.5, 0.6) is 0 Å². The molecule has 2 aromatic carbocycles. The summed E-state index contributed by atoms with van der Waals surface area (Å²) in [6.45, 7) is 6.27. The van der Waals surface area contributed by atoms with Crippen LogP contribution in [0.15, 0.2) is 60.7 Å². The predicted molar refractivity (Wildman–Crippen MR) is 95.0 cm³/mol. The van der Waals surface area contributed by atoms with Crippen LogP contribution in [0, 0.1) is 0 Å². The highest BCUT2D eigenvalue weighted by Crippen LogP contribution is 2.11. The summed E-state index contributed by atoms with van der Waals surface area (Å²) in [5.74, 6) is 0.198. The van der Waals surface area contributed by atoms with Crippen molar-refractivity contribution in [3.05, 3.63) is 71.8 Å². The van der Waals surface area contributed by atoms with Gasteiger partial charge in [0.1, 0.15) is 0 Å². The molecule has 0 heterocycles.